The van der Waals surface area contributed by atoms with Gasteiger partial charge in [0.25, 0.3) is 0 Å². The Kier molecular flexibility index (Phi) is 5.78. The van der Waals surface area contributed by atoms with E-state index in [2.05, 4.69) is 9.80 Å². The summed E-state index contributed by atoms with van der Waals surface area (Å²) in [5, 5.41) is 10.1. The molecule has 0 unspecified atom stereocenters. The lowest BCUT2D eigenvalue weighted by molar-refractivity contribution is -0.0563. The second kappa shape index (κ2) is 7.40. The third kappa shape index (κ3) is 5.55. The van der Waals surface area contributed by atoms with Crippen molar-refractivity contribution in [2.75, 3.05) is 44.2 Å². The van der Waals surface area contributed by atoms with Crippen LogP contribution >= 0.6 is 0 Å². The fourth-order valence-corrected chi connectivity index (χ4v) is 2.54. The number of β-amino-alcohol motifs (C(OH)–C–C–N with tert-alkyl or cyclic N) is 1. The van der Waals surface area contributed by atoms with Gasteiger partial charge in [0, 0.05) is 38.4 Å². The highest BCUT2D eigenvalue weighted by Crippen LogP contribution is 2.17. The lowest BCUT2D eigenvalue weighted by Crippen LogP contribution is -2.49. The van der Waals surface area contributed by atoms with Crippen LogP contribution in [0.25, 0.3) is 0 Å². The molecule has 0 amide bonds. The van der Waals surface area contributed by atoms with Gasteiger partial charge in [0.1, 0.15) is 5.82 Å². The molecular formula is C17H27FN2O2. The molecule has 1 atom stereocenters. The summed E-state index contributed by atoms with van der Waals surface area (Å²) >= 11 is 0. The van der Waals surface area contributed by atoms with Crippen LogP contribution in [0.5, 0.6) is 0 Å². The number of aliphatic hydroxyl groups is 1. The molecule has 1 aromatic rings. The van der Waals surface area contributed by atoms with Crippen LogP contribution in [0.4, 0.5) is 10.1 Å². The van der Waals surface area contributed by atoms with Crippen molar-refractivity contribution in [3.05, 3.63) is 30.1 Å². The molecule has 0 bridgehead atoms. The SMILES string of the molecule is CC(C)(C)OC[C@@H](O)CN1CCN(c2ccc(F)cc2)CC1. The second-order valence-electron chi connectivity index (χ2n) is 6.84. The molecule has 2 rings (SSSR count). The van der Waals surface area contributed by atoms with Crippen LogP contribution in [-0.4, -0.2) is 61.0 Å². The molecule has 124 valence electrons. The number of rotatable bonds is 5. The Balaban J connectivity index is 1.74. The maximum atomic E-state index is 12.9. The van der Waals surface area contributed by atoms with Crippen molar-refractivity contribution in [3.8, 4) is 0 Å². The van der Waals surface area contributed by atoms with E-state index in [4.69, 9.17) is 4.74 Å². The summed E-state index contributed by atoms with van der Waals surface area (Å²) in [7, 11) is 0. The Hall–Kier alpha value is -1.17. The quantitative estimate of drug-likeness (QED) is 0.904. The largest absolute Gasteiger partial charge is 0.389 e. The molecule has 4 nitrogen and oxygen atoms in total. The fraction of sp³-hybridized carbons (Fsp3) is 0.647. The average molecular weight is 310 g/mol. The first-order valence-corrected chi connectivity index (χ1v) is 7.88. The summed E-state index contributed by atoms with van der Waals surface area (Å²) in [6, 6.07) is 6.62. The van der Waals surface area contributed by atoms with Gasteiger partial charge in [-0.25, -0.2) is 4.39 Å². The standard InChI is InChI=1S/C17H27FN2O2/c1-17(2,3)22-13-16(21)12-19-8-10-20(11-9-19)15-6-4-14(18)5-7-15/h4-7,16,21H,8-13H2,1-3H3/t16-/m0/s1. The summed E-state index contributed by atoms with van der Waals surface area (Å²) in [5.74, 6) is -0.204. The second-order valence-corrected chi connectivity index (χ2v) is 6.84. The van der Waals surface area contributed by atoms with Crippen molar-refractivity contribution in [2.24, 2.45) is 0 Å². The van der Waals surface area contributed by atoms with E-state index in [1.54, 1.807) is 0 Å². The third-order valence-electron chi connectivity index (χ3n) is 3.74. The van der Waals surface area contributed by atoms with E-state index in [9.17, 15) is 9.50 Å². The number of aliphatic hydroxyl groups excluding tert-OH is 1. The Morgan fingerprint density at radius 1 is 1.14 bits per heavy atom. The normalized spacial score (nSPS) is 18.5. The number of piperazine rings is 1. The van der Waals surface area contributed by atoms with E-state index in [1.807, 2.05) is 32.9 Å². The third-order valence-corrected chi connectivity index (χ3v) is 3.74. The average Bonchev–Trinajstić information content (AvgIpc) is 2.46. The maximum Gasteiger partial charge on any atom is 0.123 e. The molecular weight excluding hydrogens is 283 g/mol. The molecule has 1 aliphatic rings. The van der Waals surface area contributed by atoms with E-state index in [-0.39, 0.29) is 11.4 Å². The molecule has 22 heavy (non-hydrogen) atoms. The maximum absolute atomic E-state index is 12.9. The van der Waals surface area contributed by atoms with Gasteiger partial charge in [0.05, 0.1) is 18.3 Å². The Labute approximate surface area is 132 Å². The molecule has 0 aliphatic carbocycles. The highest BCUT2D eigenvalue weighted by Gasteiger charge is 2.21. The summed E-state index contributed by atoms with van der Waals surface area (Å²) in [6.45, 7) is 10.5. The summed E-state index contributed by atoms with van der Waals surface area (Å²) in [5.41, 5.74) is 0.833. The van der Waals surface area contributed by atoms with Gasteiger partial charge in [0.15, 0.2) is 0 Å². The van der Waals surface area contributed by atoms with Crippen LogP contribution < -0.4 is 4.90 Å². The molecule has 1 aromatic carbocycles. The van der Waals surface area contributed by atoms with E-state index in [1.165, 1.54) is 12.1 Å². The predicted octanol–water partition coefficient (Wildman–Crippen LogP) is 2.12. The molecule has 0 radical (unpaired) electrons. The number of hydrogen-bond acceptors (Lipinski definition) is 4. The zero-order chi connectivity index (χ0) is 16.2. The van der Waals surface area contributed by atoms with Gasteiger partial charge in [-0.05, 0) is 45.0 Å². The number of hydrogen-bond donors (Lipinski definition) is 1. The van der Waals surface area contributed by atoms with Gasteiger partial charge in [-0.15, -0.1) is 0 Å². The van der Waals surface area contributed by atoms with E-state index in [0.717, 1.165) is 31.9 Å². The van der Waals surface area contributed by atoms with E-state index in [0.29, 0.717) is 13.2 Å². The van der Waals surface area contributed by atoms with Gasteiger partial charge < -0.3 is 14.7 Å². The Morgan fingerprint density at radius 2 is 1.73 bits per heavy atom. The number of halogens is 1. The van der Waals surface area contributed by atoms with Crippen LogP contribution in [0.3, 0.4) is 0 Å². The molecule has 0 saturated carbocycles. The smallest absolute Gasteiger partial charge is 0.123 e. The predicted molar refractivity (Wildman–Crippen MR) is 86.8 cm³/mol. The molecule has 1 heterocycles. The van der Waals surface area contributed by atoms with E-state index >= 15 is 0 Å². The lowest BCUT2D eigenvalue weighted by Gasteiger charge is -2.37. The number of nitrogens with zero attached hydrogens (tertiary/aromatic N) is 2. The molecule has 1 aliphatic heterocycles. The van der Waals surface area contributed by atoms with Crippen LogP contribution in [0.2, 0.25) is 0 Å². The number of benzene rings is 1. The van der Waals surface area contributed by atoms with Crippen LogP contribution in [0.1, 0.15) is 20.8 Å². The lowest BCUT2D eigenvalue weighted by atomic mass is 10.2. The Morgan fingerprint density at radius 3 is 2.27 bits per heavy atom. The van der Waals surface area contributed by atoms with Crippen molar-refractivity contribution in [1.82, 2.24) is 4.90 Å². The van der Waals surface area contributed by atoms with Crippen LogP contribution in [0, 0.1) is 5.82 Å². The summed E-state index contributed by atoms with van der Waals surface area (Å²) in [4.78, 5) is 4.49. The zero-order valence-electron chi connectivity index (χ0n) is 13.8. The van der Waals surface area contributed by atoms with Gasteiger partial charge in [-0.1, -0.05) is 0 Å². The first-order chi connectivity index (χ1) is 10.3. The highest BCUT2D eigenvalue weighted by molar-refractivity contribution is 5.46. The van der Waals surface area contributed by atoms with Crippen molar-refractivity contribution in [3.63, 3.8) is 0 Å². The molecule has 0 spiro atoms. The van der Waals surface area contributed by atoms with Crippen molar-refractivity contribution in [1.29, 1.82) is 0 Å². The molecule has 1 saturated heterocycles. The minimum absolute atomic E-state index is 0.204. The Bertz CT molecular complexity index is 451. The highest BCUT2D eigenvalue weighted by atomic mass is 19.1. The topological polar surface area (TPSA) is 35.9 Å². The fourth-order valence-electron chi connectivity index (χ4n) is 2.54. The molecule has 0 aromatic heterocycles. The molecule has 5 heteroatoms. The number of ether oxygens (including phenoxy) is 1. The van der Waals surface area contributed by atoms with Crippen LogP contribution in [-0.2, 0) is 4.74 Å². The van der Waals surface area contributed by atoms with Crippen molar-refractivity contribution < 1.29 is 14.2 Å². The first kappa shape index (κ1) is 17.2. The molecule has 1 N–H and O–H groups in total. The minimum Gasteiger partial charge on any atom is -0.389 e. The van der Waals surface area contributed by atoms with Gasteiger partial charge in [-0.3, -0.25) is 4.90 Å². The van der Waals surface area contributed by atoms with Gasteiger partial charge in [-0.2, -0.15) is 0 Å². The molecule has 1 fully saturated rings. The van der Waals surface area contributed by atoms with Crippen molar-refractivity contribution in [2.45, 2.75) is 32.5 Å². The number of anilines is 1. The summed E-state index contributed by atoms with van der Waals surface area (Å²) < 4.78 is 18.6. The van der Waals surface area contributed by atoms with Crippen molar-refractivity contribution >= 4 is 5.69 Å². The van der Waals surface area contributed by atoms with Gasteiger partial charge in [0.2, 0.25) is 0 Å². The monoisotopic (exact) mass is 310 g/mol. The van der Waals surface area contributed by atoms with E-state index < -0.39 is 6.10 Å². The zero-order valence-corrected chi connectivity index (χ0v) is 13.8. The van der Waals surface area contributed by atoms with Gasteiger partial charge >= 0.3 is 0 Å². The first-order valence-electron chi connectivity index (χ1n) is 7.88. The summed E-state index contributed by atoms with van der Waals surface area (Å²) in [6.07, 6.45) is -0.461. The minimum atomic E-state index is -0.461. The van der Waals surface area contributed by atoms with Crippen LogP contribution in [0.15, 0.2) is 24.3 Å².